The quantitative estimate of drug-likeness (QED) is 0.0821. The number of hydrogen-bond acceptors (Lipinski definition) is 14. The van der Waals surface area contributed by atoms with Crippen molar-refractivity contribution in [1.29, 1.82) is 0 Å². The van der Waals surface area contributed by atoms with Gasteiger partial charge in [0.05, 0.1) is 32.2 Å². The molecule has 330 valence electrons. The number of carbonyl (C=O) groups is 4. The van der Waals surface area contributed by atoms with Crippen molar-refractivity contribution in [3.63, 3.8) is 0 Å². The Bertz CT molecular complexity index is 2580. The van der Waals surface area contributed by atoms with Crippen LogP contribution in [0.15, 0.2) is 116 Å². The van der Waals surface area contributed by atoms with Gasteiger partial charge >= 0.3 is 11.9 Å². The molecule has 0 saturated carbocycles. The minimum Gasteiger partial charge on any atom is -0.467 e. The van der Waals surface area contributed by atoms with Crippen LogP contribution < -0.4 is 20.1 Å². The molecule has 0 saturated heterocycles. The average Bonchev–Trinajstić information content (AvgIpc) is 3.32. The number of hydrogen-bond donors (Lipinski definition) is 4. The molecule has 0 bridgehead atoms. The monoisotopic (exact) mass is 876 g/mol. The van der Waals surface area contributed by atoms with Gasteiger partial charge in [-0.2, -0.15) is 0 Å². The fraction of sp³-hybridized carbons (Fsp3) is 0.174. The normalized spacial score (nSPS) is 11.9. The van der Waals surface area contributed by atoms with E-state index >= 15 is 0 Å². The minimum atomic E-state index is -1.34. The molecule has 16 nitrogen and oxygen atoms in total. The number of amides is 2. The molecular formula is C46H42F2N6O10. The topological polar surface area (TPSA) is 221 Å². The Morgan fingerprint density at radius 1 is 0.625 bits per heavy atom. The summed E-state index contributed by atoms with van der Waals surface area (Å²) >= 11 is 0. The van der Waals surface area contributed by atoms with Gasteiger partial charge in [-0.3, -0.25) is 9.59 Å². The van der Waals surface area contributed by atoms with E-state index < -0.39 is 48.5 Å². The van der Waals surface area contributed by atoms with E-state index in [0.29, 0.717) is 45.6 Å². The van der Waals surface area contributed by atoms with E-state index in [1.54, 1.807) is 48.5 Å². The van der Waals surface area contributed by atoms with Crippen LogP contribution in [0.25, 0.3) is 28.9 Å². The zero-order valence-electron chi connectivity index (χ0n) is 34.8. The van der Waals surface area contributed by atoms with Crippen molar-refractivity contribution in [3.8, 4) is 45.8 Å². The number of halogens is 2. The van der Waals surface area contributed by atoms with Gasteiger partial charge in [-0.1, -0.05) is 6.58 Å². The highest BCUT2D eigenvalue weighted by atomic mass is 19.1. The number of aliphatic hydroxyl groups excluding tert-OH is 2. The number of nitrogens with zero attached hydrogens (tertiary/aromatic N) is 4. The van der Waals surface area contributed by atoms with Gasteiger partial charge in [0.15, 0.2) is 11.6 Å². The second-order valence-corrected chi connectivity index (χ2v) is 13.5. The number of aliphatic hydroxyl groups is 2. The van der Waals surface area contributed by atoms with Gasteiger partial charge in [0.1, 0.15) is 64.2 Å². The molecule has 6 aromatic rings. The second kappa shape index (κ2) is 22.2. The summed E-state index contributed by atoms with van der Waals surface area (Å²) in [6, 6.07) is 25.6. The van der Waals surface area contributed by atoms with Crippen LogP contribution in [0.5, 0.6) is 23.0 Å². The third kappa shape index (κ3) is 13.0. The SMILES string of the molecule is C=Cc1cc(C(=O)N[C@@H](C)C(=O)OC)nc(-c2ccc(Oc3ccc(F)cc3)cc2)n1.COC(=O)[C@H](C)NC(=O)c1cc([C@H](O)CO)nc(-c2ccc(Oc3ccc(F)cc3)cc2)n1. The van der Waals surface area contributed by atoms with Crippen molar-refractivity contribution in [1.82, 2.24) is 30.6 Å². The van der Waals surface area contributed by atoms with Gasteiger partial charge in [0, 0.05) is 11.1 Å². The van der Waals surface area contributed by atoms with Crippen LogP contribution in [-0.2, 0) is 19.1 Å². The fourth-order valence-corrected chi connectivity index (χ4v) is 5.43. The molecule has 6 rings (SSSR count). The first-order valence-electron chi connectivity index (χ1n) is 19.2. The molecule has 0 aliphatic carbocycles. The average molecular weight is 877 g/mol. The van der Waals surface area contributed by atoms with E-state index in [1.165, 1.54) is 94.8 Å². The Morgan fingerprint density at radius 3 is 1.38 bits per heavy atom. The Hall–Kier alpha value is -7.96. The molecule has 2 aromatic heterocycles. The van der Waals surface area contributed by atoms with Gasteiger partial charge in [-0.15, -0.1) is 0 Å². The summed E-state index contributed by atoms with van der Waals surface area (Å²) < 4.78 is 46.6. The molecule has 64 heavy (non-hydrogen) atoms. The standard InChI is InChI=1S/C23H22FN3O6.C23H20FN3O4/c1-13(23(31)32-2)25-22(30)19-11-18(20(29)12-28)26-21(27-19)14-3-7-16(8-4-14)33-17-9-5-15(24)6-10-17;1-4-17-13-20(22(28)25-14(2)23(29)30-3)27-21(26-17)15-5-9-18(10-6-15)31-19-11-7-16(24)8-12-19/h3-11,13,20,28-29H,12H2,1-2H3,(H,25,30);4-14H,1H2,2-3H3,(H,25,28)/t13-,20+;14-/m00/s1. The van der Waals surface area contributed by atoms with Gasteiger partial charge in [-0.05, 0) is 129 Å². The van der Waals surface area contributed by atoms with Crippen LogP contribution in [0.4, 0.5) is 8.78 Å². The van der Waals surface area contributed by atoms with Gasteiger partial charge in [0.2, 0.25) is 0 Å². The van der Waals surface area contributed by atoms with Crippen molar-refractivity contribution >= 4 is 29.8 Å². The third-order valence-electron chi connectivity index (χ3n) is 8.81. The lowest BCUT2D eigenvalue weighted by Crippen LogP contribution is -2.39. The van der Waals surface area contributed by atoms with Gasteiger partial charge in [-0.25, -0.2) is 38.3 Å². The maximum Gasteiger partial charge on any atom is 0.328 e. The molecule has 0 fully saturated rings. The van der Waals surface area contributed by atoms with Crippen molar-refractivity contribution in [3.05, 3.63) is 150 Å². The summed E-state index contributed by atoms with van der Waals surface area (Å²) in [4.78, 5) is 65.4. The van der Waals surface area contributed by atoms with E-state index in [1.807, 2.05) is 0 Å². The number of methoxy groups -OCH3 is 2. The Morgan fingerprint density at radius 2 is 1.00 bits per heavy atom. The molecular weight excluding hydrogens is 835 g/mol. The Balaban J connectivity index is 0.000000241. The predicted octanol–water partition coefficient (Wildman–Crippen LogP) is 6.40. The van der Waals surface area contributed by atoms with E-state index in [2.05, 4.69) is 46.6 Å². The van der Waals surface area contributed by atoms with Crippen LogP contribution in [-0.4, -0.2) is 86.8 Å². The minimum absolute atomic E-state index is 0.0324. The maximum absolute atomic E-state index is 13.0. The zero-order chi connectivity index (χ0) is 46.3. The largest absolute Gasteiger partial charge is 0.467 e. The molecule has 3 atom stereocenters. The zero-order valence-corrected chi connectivity index (χ0v) is 34.8. The first-order chi connectivity index (χ1) is 30.7. The highest BCUT2D eigenvalue weighted by Gasteiger charge is 2.22. The van der Waals surface area contributed by atoms with Crippen molar-refractivity contribution in [2.24, 2.45) is 0 Å². The van der Waals surface area contributed by atoms with Crippen LogP contribution in [0.2, 0.25) is 0 Å². The summed E-state index contributed by atoms with van der Waals surface area (Å²) in [5.41, 5.74) is 1.61. The van der Waals surface area contributed by atoms with E-state index in [0.717, 1.165) is 0 Å². The number of ether oxygens (including phenoxy) is 4. The molecule has 0 unspecified atom stereocenters. The van der Waals surface area contributed by atoms with E-state index in [-0.39, 0.29) is 34.5 Å². The molecule has 2 amide bonds. The molecule has 18 heteroatoms. The molecule has 0 aliphatic heterocycles. The Labute approximate surface area is 365 Å². The van der Waals surface area contributed by atoms with Crippen LogP contribution in [0, 0.1) is 11.6 Å². The third-order valence-corrected chi connectivity index (χ3v) is 8.81. The highest BCUT2D eigenvalue weighted by molar-refractivity contribution is 5.96. The van der Waals surface area contributed by atoms with E-state index in [9.17, 15) is 38.2 Å². The van der Waals surface area contributed by atoms with Crippen LogP contribution in [0.1, 0.15) is 52.3 Å². The number of rotatable bonds is 15. The number of nitrogens with one attached hydrogen (secondary N) is 2. The molecule has 0 spiro atoms. The number of benzene rings is 4. The van der Waals surface area contributed by atoms with Gasteiger partial charge < -0.3 is 39.8 Å². The summed E-state index contributed by atoms with van der Waals surface area (Å²) in [5.74, 6) is -0.755. The maximum atomic E-state index is 13.0. The molecule has 2 heterocycles. The predicted molar refractivity (Wildman–Crippen MR) is 228 cm³/mol. The molecule has 4 aromatic carbocycles. The van der Waals surface area contributed by atoms with Gasteiger partial charge in [0.25, 0.3) is 11.8 Å². The van der Waals surface area contributed by atoms with E-state index in [4.69, 9.17) is 9.47 Å². The first-order valence-corrected chi connectivity index (χ1v) is 19.2. The fourth-order valence-electron chi connectivity index (χ4n) is 5.43. The summed E-state index contributed by atoms with van der Waals surface area (Å²) in [6.45, 7) is 6.05. The van der Waals surface area contributed by atoms with Crippen molar-refractivity contribution in [2.75, 3.05) is 20.8 Å². The van der Waals surface area contributed by atoms with Crippen molar-refractivity contribution in [2.45, 2.75) is 32.0 Å². The molecule has 0 aliphatic rings. The summed E-state index contributed by atoms with van der Waals surface area (Å²) in [6.07, 6.45) is 0.162. The second-order valence-electron chi connectivity index (χ2n) is 13.5. The number of esters is 2. The van der Waals surface area contributed by atoms with Crippen LogP contribution >= 0.6 is 0 Å². The lowest BCUT2D eigenvalue weighted by Gasteiger charge is -2.14. The smallest absolute Gasteiger partial charge is 0.328 e. The first kappa shape index (κ1) is 47.1. The molecule has 0 radical (unpaired) electrons. The number of carbonyl (C=O) groups excluding carboxylic acids is 4. The van der Waals surface area contributed by atoms with Crippen LogP contribution in [0.3, 0.4) is 0 Å². The summed E-state index contributed by atoms with van der Waals surface area (Å²) in [7, 11) is 2.44. The van der Waals surface area contributed by atoms with Crippen molar-refractivity contribution < 1.29 is 57.1 Å². The molecule has 4 N–H and O–H groups in total. The lowest BCUT2D eigenvalue weighted by atomic mass is 10.1. The Kier molecular flexibility index (Phi) is 16.4. The summed E-state index contributed by atoms with van der Waals surface area (Å²) in [5, 5.41) is 24.3. The lowest BCUT2D eigenvalue weighted by molar-refractivity contribution is -0.143. The number of aromatic nitrogens is 4. The highest BCUT2D eigenvalue weighted by Crippen LogP contribution is 2.27.